The Bertz CT molecular complexity index is 516. The molecule has 0 bridgehead atoms. The van der Waals surface area contributed by atoms with Gasteiger partial charge in [-0.05, 0) is 56.4 Å². The lowest BCUT2D eigenvalue weighted by atomic mass is 9.71. The Kier molecular flexibility index (Phi) is 7.98. The van der Waals surface area contributed by atoms with Gasteiger partial charge in [0.15, 0.2) is 0 Å². The summed E-state index contributed by atoms with van der Waals surface area (Å²) in [6.07, 6.45) is 0.594. The number of hydrogen-bond donors (Lipinski definition) is 1. The third-order valence-electron chi connectivity index (χ3n) is 4.04. The van der Waals surface area contributed by atoms with Crippen LogP contribution in [-0.2, 0) is 9.31 Å². The van der Waals surface area contributed by atoms with E-state index in [0.29, 0.717) is 26.2 Å². The van der Waals surface area contributed by atoms with Crippen LogP contribution in [0.3, 0.4) is 0 Å². The van der Waals surface area contributed by atoms with Crippen LogP contribution in [0.2, 0.25) is 0 Å². The molecule has 0 saturated carbocycles. The predicted molar refractivity (Wildman–Crippen MR) is 105 cm³/mol. The van der Waals surface area contributed by atoms with Crippen molar-refractivity contribution in [2.24, 2.45) is 5.41 Å². The van der Waals surface area contributed by atoms with Crippen molar-refractivity contribution in [3.05, 3.63) is 23.3 Å². The zero-order chi connectivity index (χ0) is 19.3. The lowest BCUT2D eigenvalue weighted by Crippen LogP contribution is -2.49. The van der Waals surface area contributed by atoms with Gasteiger partial charge in [0.05, 0.1) is 12.2 Å². The number of ether oxygens (including phenoxy) is 1. The number of aliphatic hydroxyl groups is 1. The predicted octanol–water partition coefficient (Wildman–Crippen LogP) is 3.64. The molecular formula is C20H35BO4. The molecule has 0 aromatic heterocycles. The highest BCUT2D eigenvalue weighted by molar-refractivity contribution is 6.62. The van der Waals surface area contributed by atoms with E-state index in [1.165, 1.54) is 0 Å². The van der Waals surface area contributed by atoms with E-state index in [0.717, 1.165) is 22.3 Å². The SMILES string of the molecule is CC.Cc1cc(OCCC(C)(C)O)cc(C)c1B1OCC(C)(C)CO1. The average Bonchev–Trinajstić information content (AvgIpc) is 2.49. The molecule has 4 nitrogen and oxygen atoms in total. The Morgan fingerprint density at radius 2 is 1.60 bits per heavy atom. The minimum atomic E-state index is -0.708. The van der Waals surface area contributed by atoms with Crippen molar-refractivity contribution in [2.45, 2.75) is 67.4 Å². The Morgan fingerprint density at radius 1 is 1.12 bits per heavy atom. The fraction of sp³-hybridized carbons (Fsp3) is 0.700. The van der Waals surface area contributed by atoms with Crippen LogP contribution in [0.4, 0.5) is 0 Å². The topological polar surface area (TPSA) is 47.9 Å². The Balaban J connectivity index is 0.00000151. The van der Waals surface area contributed by atoms with Crippen LogP contribution < -0.4 is 10.2 Å². The van der Waals surface area contributed by atoms with Crippen molar-refractivity contribution in [3.63, 3.8) is 0 Å². The lowest BCUT2D eigenvalue weighted by Gasteiger charge is -2.34. The van der Waals surface area contributed by atoms with Gasteiger partial charge < -0.3 is 19.2 Å². The van der Waals surface area contributed by atoms with Gasteiger partial charge >= 0.3 is 7.12 Å². The molecule has 142 valence electrons. The molecule has 1 fully saturated rings. The highest BCUT2D eigenvalue weighted by Gasteiger charge is 2.35. The van der Waals surface area contributed by atoms with E-state index in [1.807, 2.05) is 26.0 Å². The molecule has 1 aromatic rings. The smallest absolute Gasteiger partial charge is 0.493 e. The molecule has 0 spiro atoms. The molecule has 1 N–H and O–H groups in total. The van der Waals surface area contributed by atoms with E-state index in [9.17, 15) is 5.11 Å². The molecule has 1 heterocycles. The first-order valence-electron chi connectivity index (χ1n) is 9.27. The highest BCUT2D eigenvalue weighted by atomic mass is 16.6. The summed E-state index contributed by atoms with van der Waals surface area (Å²) >= 11 is 0. The van der Waals surface area contributed by atoms with Crippen molar-refractivity contribution in [3.8, 4) is 5.75 Å². The molecule has 0 atom stereocenters. The Hall–Kier alpha value is -1.04. The molecule has 1 aliphatic rings. The summed E-state index contributed by atoms with van der Waals surface area (Å²) in [4.78, 5) is 0. The van der Waals surface area contributed by atoms with E-state index >= 15 is 0 Å². The van der Waals surface area contributed by atoms with Crippen LogP contribution in [0.5, 0.6) is 5.75 Å². The Labute approximate surface area is 154 Å². The second-order valence-electron chi connectivity index (χ2n) is 8.00. The minimum Gasteiger partial charge on any atom is -0.493 e. The fourth-order valence-corrected chi connectivity index (χ4v) is 2.67. The molecule has 2 rings (SSSR count). The number of benzene rings is 1. The standard InChI is InChI=1S/C18H29BO4.C2H6/c1-13-9-15(21-8-7-18(5,6)20)10-14(2)16(13)19-22-11-17(3,4)12-23-19;1-2/h9-10,20H,7-8,11-12H2,1-6H3;1-2H3. The molecule has 0 amide bonds. The molecule has 5 heteroatoms. The average molecular weight is 350 g/mol. The van der Waals surface area contributed by atoms with Crippen LogP contribution >= 0.6 is 0 Å². The van der Waals surface area contributed by atoms with Crippen molar-refractivity contribution in [1.82, 2.24) is 0 Å². The molecule has 0 aliphatic carbocycles. The summed E-state index contributed by atoms with van der Waals surface area (Å²) in [5.41, 5.74) is 2.66. The zero-order valence-corrected chi connectivity index (χ0v) is 17.2. The molecule has 0 radical (unpaired) electrons. The molecule has 1 saturated heterocycles. The summed E-state index contributed by atoms with van der Waals surface area (Å²) in [5.74, 6) is 0.823. The molecule has 25 heavy (non-hydrogen) atoms. The van der Waals surface area contributed by atoms with Crippen molar-refractivity contribution < 1.29 is 19.2 Å². The quantitative estimate of drug-likeness (QED) is 0.824. The molecule has 0 unspecified atom stereocenters. The first-order valence-corrected chi connectivity index (χ1v) is 9.27. The summed E-state index contributed by atoms with van der Waals surface area (Å²) in [6, 6.07) is 4.03. The van der Waals surface area contributed by atoms with Crippen LogP contribution in [0.15, 0.2) is 12.1 Å². The van der Waals surface area contributed by atoms with Gasteiger partial charge in [-0.3, -0.25) is 0 Å². The summed E-state index contributed by atoms with van der Waals surface area (Å²) in [6.45, 7) is 17.8. The zero-order valence-electron chi connectivity index (χ0n) is 17.2. The summed E-state index contributed by atoms with van der Waals surface area (Å²) < 4.78 is 17.6. The van der Waals surface area contributed by atoms with Gasteiger partial charge in [-0.25, -0.2) is 0 Å². The first kappa shape index (κ1) is 22.0. The fourth-order valence-electron chi connectivity index (χ4n) is 2.67. The maximum Gasteiger partial charge on any atom is 0.494 e. The molecular weight excluding hydrogens is 315 g/mol. The van der Waals surface area contributed by atoms with Crippen molar-refractivity contribution >= 4 is 12.6 Å². The van der Waals surface area contributed by atoms with Crippen molar-refractivity contribution in [1.29, 1.82) is 0 Å². The highest BCUT2D eigenvalue weighted by Crippen LogP contribution is 2.24. The molecule has 1 aliphatic heterocycles. The number of hydrogen-bond acceptors (Lipinski definition) is 4. The van der Waals surface area contributed by atoms with Gasteiger partial charge in [0, 0.05) is 25.0 Å². The third kappa shape index (κ3) is 7.00. The van der Waals surface area contributed by atoms with E-state index < -0.39 is 5.60 Å². The van der Waals surface area contributed by atoms with Gasteiger partial charge in [0.1, 0.15) is 5.75 Å². The van der Waals surface area contributed by atoms with Gasteiger partial charge in [0.2, 0.25) is 0 Å². The van der Waals surface area contributed by atoms with Gasteiger partial charge in [-0.15, -0.1) is 0 Å². The van der Waals surface area contributed by atoms with Crippen LogP contribution in [0.25, 0.3) is 0 Å². The van der Waals surface area contributed by atoms with Gasteiger partial charge in [0.25, 0.3) is 0 Å². The normalized spacial score (nSPS) is 16.9. The summed E-state index contributed by atoms with van der Waals surface area (Å²) in [7, 11) is -0.298. The largest absolute Gasteiger partial charge is 0.494 e. The van der Waals surface area contributed by atoms with Crippen LogP contribution in [-0.4, -0.2) is 37.6 Å². The summed E-state index contributed by atoms with van der Waals surface area (Å²) in [5, 5.41) is 9.75. The van der Waals surface area contributed by atoms with Crippen LogP contribution in [0, 0.1) is 19.3 Å². The van der Waals surface area contributed by atoms with Crippen LogP contribution in [0.1, 0.15) is 59.1 Å². The second kappa shape index (κ2) is 9.06. The number of rotatable bonds is 5. The second-order valence-corrected chi connectivity index (χ2v) is 8.00. The third-order valence-corrected chi connectivity index (χ3v) is 4.04. The minimum absolute atomic E-state index is 0.0679. The van der Waals surface area contributed by atoms with E-state index in [-0.39, 0.29) is 12.5 Å². The van der Waals surface area contributed by atoms with Gasteiger partial charge in [-0.1, -0.05) is 27.7 Å². The number of aryl methyl sites for hydroxylation is 2. The van der Waals surface area contributed by atoms with Gasteiger partial charge in [-0.2, -0.15) is 0 Å². The van der Waals surface area contributed by atoms with Crippen molar-refractivity contribution in [2.75, 3.05) is 19.8 Å². The monoisotopic (exact) mass is 350 g/mol. The van der Waals surface area contributed by atoms with E-state index in [4.69, 9.17) is 14.0 Å². The maximum absolute atomic E-state index is 9.75. The lowest BCUT2D eigenvalue weighted by molar-refractivity contribution is 0.0342. The molecule has 1 aromatic carbocycles. The maximum atomic E-state index is 9.75. The van der Waals surface area contributed by atoms with E-state index in [2.05, 4.69) is 27.7 Å². The Morgan fingerprint density at radius 3 is 2.04 bits per heavy atom. The first-order chi connectivity index (χ1) is 11.6. The van der Waals surface area contributed by atoms with E-state index in [1.54, 1.807) is 13.8 Å².